The fraction of sp³-hybridized carbons (Fsp3) is 0.118. The minimum absolute atomic E-state index is 0.146. The molecule has 2 N–H and O–H groups in total. The van der Waals surface area contributed by atoms with E-state index in [2.05, 4.69) is 20.5 Å². The lowest BCUT2D eigenvalue weighted by Gasteiger charge is -2.06. The summed E-state index contributed by atoms with van der Waals surface area (Å²) in [4.78, 5) is 17.0. The molecule has 0 unspecified atom stereocenters. The second-order valence-electron chi connectivity index (χ2n) is 5.40. The van der Waals surface area contributed by atoms with Crippen LogP contribution in [0.3, 0.4) is 0 Å². The van der Waals surface area contributed by atoms with Crippen LogP contribution < -0.4 is 5.32 Å². The van der Waals surface area contributed by atoms with E-state index in [1.54, 1.807) is 12.3 Å². The molecule has 0 aliphatic carbocycles. The number of carbonyl (C=O) groups excluding carboxylic acids is 1. The maximum atomic E-state index is 12.5. The smallest absolute Gasteiger partial charge is 0.253 e. The number of amides is 1. The number of aromatic nitrogens is 4. The van der Waals surface area contributed by atoms with Gasteiger partial charge in [0.25, 0.3) is 5.91 Å². The van der Waals surface area contributed by atoms with E-state index in [0.717, 1.165) is 27.8 Å². The van der Waals surface area contributed by atoms with Gasteiger partial charge in [-0.05, 0) is 18.2 Å². The van der Waals surface area contributed by atoms with Crippen molar-refractivity contribution in [2.75, 3.05) is 0 Å². The van der Waals surface area contributed by atoms with E-state index in [1.807, 2.05) is 48.0 Å². The average molecular weight is 305 g/mol. The van der Waals surface area contributed by atoms with Gasteiger partial charge in [-0.2, -0.15) is 5.10 Å². The first-order chi connectivity index (χ1) is 11.2. The number of para-hydroxylation sites is 3. The fourth-order valence-electron chi connectivity index (χ4n) is 2.77. The number of aryl methyl sites for hydroxylation is 1. The normalized spacial score (nSPS) is 11.2. The minimum Gasteiger partial charge on any atom is -0.345 e. The highest BCUT2D eigenvalue weighted by atomic mass is 16.1. The van der Waals surface area contributed by atoms with Crippen LogP contribution in [0.1, 0.15) is 16.2 Å². The van der Waals surface area contributed by atoms with Crippen molar-refractivity contribution in [3.8, 4) is 0 Å². The van der Waals surface area contributed by atoms with Crippen LogP contribution in [0.2, 0.25) is 0 Å². The standard InChI is InChI=1S/C17H15N5O/c1-22-14-8-3-2-7-13(14)20-15(22)10-18-17(23)12-6-4-5-11-9-19-21-16(11)12/h2-9H,10H2,1H3,(H,18,23)(H,19,21). The molecule has 0 fully saturated rings. The molecule has 6 heteroatoms. The number of imidazole rings is 1. The number of aromatic amines is 1. The quantitative estimate of drug-likeness (QED) is 0.610. The van der Waals surface area contributed by atoms with Crippen molar-refractivity contribution in [1.82, 2.24) is 25.1 Å². The Labute approximate surface area is 132 Å². The predicted molar refractivity (Wildman–Crippen MR) is 88.0 cm³/mol. The Bertz CT molecular complexity index is 1010. The molecule has 4 rings (SSSR count). The molecule has 2 aromatic carbocycles. The lowest BCUT2D eigenvalue weighted by Crippen LogP contribution is -2.24. The largest absolute Gasteiger partial charge is 0.345 e. The molecule has 0 saturated carbocycles. The molecule has 23 heavy (non-hydrogen) atoms. The third kappa shape index (κ3) is 2.24. The predicted octanol–water partition coefficient (Wildman–Crippen LogP) is 2.38. The number of benzene rings is 2. The number of rotatable bonds is 3. The van der Waals surface area contributed by atoms with E-state index >= 15 is 0 Å². The highest BCUT2D eigenvalue weighted by Crippen LogP contribution is 2.16. The maximum absolute atomic E-state index is 12.5. The van der Waals surface area contributed by atoms with Crippen LogP contribution in [0.5, 0.6) is 0 Å². The van der Waals surface area contributed by atoms with Crippen LogP contribution in [0.4, 0.5) is 0 Å². The van der Waals surface area contributed by atoms with E-state index in [9.17, 15) is 4.79 Å². The molecule has 0 spiro atoms. The van der Waals surface area contributed by atoms with E-state index in [-0.39, 0.29) is 5.91 Å². The summed E-state index contributed by atoms with van der Waals surface area (Å²) in [7, 11) is 1.95. The summed E-state index contributed by atoms with van der Waals surface area (Å²) in [6.45, 7) is 0.370. The number of H-pyrrole nitrogens is 1. The van der Waals surface area contributed by atoms with Gasteiger partial charge in [-0.15, -0.1) is 0 Å². The first-order valence-corrected chi connectivity index (χ1v) is 7.34. The molecule has 0 bridgehead atoms. The van der Waals surface area contributed by atoms with Crippen molar-refractivity contribution in [3.05, 3.63) is 60.0 Å². The zero-order valence-electron chi connectivity index (χ0n) is 12.6. The van der Waals surface area contributed by atoms with Gasteiger partial charge >= 0.3 is 0 Å². The summed E-state index contributed by atoms with van der Waals surface area (Å²) in [6.07, 6.45) is 1.71. The molecule has 1 amide bonds. The Morgan fingerprint density at radius 2 is 2.09 bits per heavy atom. The van der Waals surface area contributed by atoms with Crippen molar-refractivity contribution in [2.45, 2.75) is 6.54 Å². The molecule has 0 aliphatic heterocycles. The van der Waals surface area contributed by atoms with Crippen LogP contribution >= 0.6 is 0 Å². The zero-order valence-corrected chi connectivity index (χ0v) is 12.6. The highest BCUT2D eigenvalue weighted by molar-refractivity contribution is 6.05. The molecule has 2 heterocycles. The first kappa shape index (κ1) is 13.5. The van der Waals surface area contributed by atoms with Gasteiger partial charge in [-0.25, -0.2) is 4.98 Å². The van der Waals surface area contributed by atoms with Crippen LogP contribution in [-0.2, 0) is 13.6 Å². The van der Waals surface area contributed by atoms with Crippen LogP contribution in [0.25, 0.3) is 21.9 Å². The Hall–Kier alpha value is -3.15. The summed E-state index contributed by atoms with van der Waals surface area (Å²) < 4.78 is 1.99. The molecule has 0 radical (unpaired) electrons. The van der Waals surface area contributed by atoms with Crippen molar-refractivity contribution in [2.24, 2.45) is 7.05 Å². The average Bonchev–Trinajstić information content (AvgIpc) is 3.17. The first-order valence-electron chi connectivity index (χ1n) is 7.34. The highest BCUT2D eigenvalue weighted by Gasteiger charge is 2.13. The second-order valence-corrected chi connectivity index (χ2v) is 5.40. The molecular formula is C17H15N5O. The van der Waals surface area contributed by atoms with Gasteiger partial charge < -0.3 is 9.88 Å². The molecule has 2 aromatic heterocycles. The summed E-state index contributed by atoms with van der Waals surface area (Å²) in [5, 5.41) is 10.7. The number of hydrogen-bond acceptors (Lipinski definition) is 3. The molecule has 0 atom stereocenters. The topological polar surface area (TPSA) is 75.6 Å². The van der Waals surface area contributed by atoms with Crippen LogP contribution in [0.15, 0.2) is 48.7 Å². The molecule has 0 saturated heterocycles. The van der Waals surface area contributed by atoms with Gasteiger partial charge in [0.2, 0.25) is 0 Å². The van der Waals surface area contributed by atoms with Crippen molar-refractivity contribution in [3.63, 3.8) is 0 Å². The Morgan fingerprint density at radius 1 is 1.22 bits per heavy atom. The molecular weight excluding hydrogens is 290 g/mol. The van der Waals surface area contributed by atoms with E-state index < -0.39 is 0 Å². The number of fused-ring (bicyclic) bond motifs is 2. The SMILES string of the molecule is Cn1c(CNC(=O)c2cccc3cn[nH]c23)nc2ccccc21. The van der Waals surface area contributed by atoms with Crippen molar-refractivity contribution >= 4 is 27.8 Å². The van der Waals surface area contributed by atoms with E-state index in [0.29, 0.717) is 12.1 Å². The molecule has 6 nitrogen and oxygen atoms in total. The third-order valence-corrected chi connectivity index (χ3v) is 4.01. The number of hydrogen-bond donors (Lipinski definition) is 2. The lowest BCUT2D eigenvalue weighted by atomic mass is 10.1. The van der Waals surface area contributed by atoms with Gasteiger partial charge in [0, 0.05) is 12.4 Å². The van der Waals surface area contributed by atoms with Gasteiger partial charge in [0.15, 0.2) is 0 Å². The lowest BCUT2D eigenvalue weighted by molar-refractivity contribution is 0.0951. The molecule has 0 aliphatic rings. The Kier molecular flexibility index (Phi) is 3.08. The molecule has 114 valence electrons. The van der Waals surface area contributed by atoms with E-state index in [1.165, 1.54) is 0 Å². The number of nitrogens with zero attached hydrogens (tertiary/aromatic N) is 3. The van der Waals surface area contributed by atoms with Gasteiger partial charge in [0.05, 0.1) is 34.9 Å². The fourth-order valence-corrected chi connectivity index (χ4v) is 2.77. The maximum Gasteiger partial charge on any atom is 0.253 e. The second kappa shape index (κ2) is 5.24. The van der Waals surface area contributed by atoms with Gasteiger partial charge in [0.1, 0.15) is 5.82 Å². The summed E-state index contributed by atoms with van der Waals surface area (Å²) >= 11 is 0. The zero-order chi connectivity index (χ0) is 15.8. The van der Waals surface area contributed by atoms with Crippen molar-refractivity contribution < 1.29 is 4.79 Å². The van der Waals surface area contributed by atoms with E-state index in [4.69, 9.17) is 0 Å². The number of nitrogens with one attached hydrogen (secondary N) is 2. The summed E-state index contributed by atoms with van der Waals surface area (Å²) in [5.74, 6) is 0.670. The van der Waals surface area contributed by atoms with Crippen molar-refractivity contribution in [1.29, 1.82) is 0 Å². The Morgan fingerprint density at radius 3 is 2.96 bits per heavy atom. The molecule has 4 aromatic rings. The summed E-state index contributed by atoms with van der Waals surface area (Å²) in [6, 6.07) is 13.5. The summed E-state index contributed by atoms with van der Waals surface area (Å²) in [5.41, 5.74) is 3.30. The minimum atomic E-state index is -0.146. The third-order valence-electron chi connectivity index (χ3n) is 4.01. The van der Waals surface area contributed by atoms with Crippen LogP contribution in [0, 0.1) is 0 Å². The monoisotopic (exact) mass is 305 g/mol. The Balaban J connectivity index is 1.59. The van der Waals surface area contributed by atoms with Crippen LogP contribution in [-0.4, -0.2) is 25.7 Å². The van der Waals surface area contributed by atoms with Gasteiger partial charge in [-0.3, -0.25) is 9.89 Å². The number of carbonyl (C=O) groups is 1. The van der Waals surface area contributed by atoms with Gasteiger partial charge in [-0.1, -0.05) is 24.3 Å².